The fraction of sp³-hybridized carbons (Fsp3) is 0.333. The Morgan fingerprint density at radius 2 is 1.50 bits per heavy atom. The third-order valence-corrected chi connectivity index (χ3v) is 2.61. The summed E-state index contributed by atoms with van der Waals surface area (Å²) in [5.41, 5.74) is 11.0. The summed E-state index contributed by atoms with van der Waals surface area (Å²) in [5.74, 6) is 0.331. The van der Waals surface area contributed by atoms with E-state index >= 15 is 0 Å². The standard InChI is InChI=1S/C13H15N3.C2H6/c1-8-5-4-6-9(2)12(8)11-7-10(3)15-13(14)16-11;1-2/h4-7H,1-3H3,(H2,14,15,16);1-2H3. The Balaban J connectivity index is 0.000000771. The highest BCUT2D eigenvalue weighted by Crippen LogP contribution is 2.25. The number of aromatic nitrogens is 2. The number of benzene rings is 1. The molecule has 1 aromatic heterocycles. The molecule has 3 heteroatoms. The maximum atomic E-state index is 5.67. The van der Waals surface area contributed by atoms with Gasteiger partial charge in [-0.15, -0.1) is 0 Å². The molecule has 0 bridgehead atoms. The van der Waals surface area contributed by atoms with Gasteiger partial charge in [-0.1, -0.05) is 32.0 Å². The number of anilines is 1. The highest BCUT2D eigenvalue weighted by atomic mass is 15.0. The lowest BCUT2D eigenvalue weighted by atomic mass is 9.99. The minimum atomic E-state index is 0.331. The van der Waals surface area contributed by atoms with Gasteiger partial charge in [0, 0.05) is 11.3 Å². The Bertz CT molecular complexity index is 493. The van der Waals surface area contributed by atoms with Crippen molar-refractivity contribution >= 4 is 5.95 Å². The second kappa shape index (κ2) is 6.15. The molecule has 0 unspecified atom stereocenters. The quantitative estimate of drug-likeness (QED) is 0.831. The van der Waals surface area contributed by atoms with Crippen molar-refractivity contribution in [2.24, 2.45) is 0 Å². The summed E-state index contributed by atoms with van der Waals surface area (Å²) in [6.45, 7) is 10.1. The SMILES string of the molecule is CC.Cc1cc(-c2c(C)cccc2C)nc(N)n1. The molecule has 1 heterocycles. The number of nitrogen functional groups attached to an aromatic ring is 1. The molecule has 2 aromatic rings. The van der Waals surface area contributed by atoms with Crippen molar-refractivity contribution in [2.75, 3.05) is 5.73 Å². The van der Waals surface area contributed by atoms with Crippen LogP contribution in [0.5, 0.6) is 0 Å². The van der Waals surface area contributed by atoms with Gasteiger partial charge in [-0.2, -0.15) is 0 Å². The van der Waals surface area contributed by atoms with Crippen molar-refractivity contribution in [3.8, 4) is 11.3 Å². The van der Waals surface area contributed by atoms with Crippen molar-refractivity contribution < 1.29 is 0 Å². The first-order valence-electron chi connectivity index (χ1n) is 6.25. The molecule has 0 aliphatic rings. The van der Waals surface area contributed by atoms with Crippen LogP contribution in [0.2, 0.25) is 0 Å². The van der Waals surface area contributed by atoms with Crippen LogP contribution in [-0.4, -0.2) is 9.97 Å². The molecule has 1 aromatic carbocycles. The average Bonchev–Trinajstić information content (AvgIpc) is 2.30. The summed E-state index contributed by atoms with van der Waals surface area (Å²) in [6.07, 6.45) is 0. The molecule has 2 rings (SSSR count). The summed E-state index contributed by atoms with van der Waals surface area (Å²) in [7, 11) is 0. The van der Waals surface area contributed by atoms with Gasteiger partial charge in [0.25, 0.3) is 0 Å². The summed E-state index contributed by atoms with van der Waals surface area (Å²) >= 11 is 0. The normalized spacial score (nSPS) is 9.61. The third-order valence-electron chi connectivity index (χ3n) is 2.61. The Morgan fingerprint density at radius 1 is 0.944 bits per heavy atom. The fourth-order valence-electron chi connectivity index (χ4n) is 1.94. The summed E-state index contributed by atoms with van der Waals surface area (Å²) in [4.78, 5) is 8.38. The molecule has 0 radical (unpaired) electrons. The van der Waals surface area contributed by atoms with Crippen LogP contribution >= 0.6 is 0 Å². The highest BCUT2D eigenvalue weighted by molar-refractivity contribution is 5.68. The van der Waals surface area contributed by atoms with E-state index in [1.807, 2.05) is 32.9 Å². The van der Waals surface area contributed by atoms with Crippen LogP contribution in [-0.2, 0) is 0 Å². The lowest BCUT2D eigenvalue weighted by Crippen LogP contribution is -1.99. The van der Waals surface area contributed by atoms with Gasteiger partial charge in [-0.25, -0.2) is 9.97 Å². The van der Waals surface area contributed by atoms with Gasteiger partial charge in [0.05, 0.1) is 5.69 Å². The Labute approximate surface area is 109 Å². The molecule has 0 saturated carbocycles. The lowest BCUT2D eigenvalue weighted by Gasteiger charge is -2.09. The second-order valence-corrected chi connectivity index (χ2v) is 4.02. The zero-order chi connectivity index (χ0) is 13.7. The molecule has 0 saturated heterocycles. The summed E-state index contributed by atoms with van der Waals surface area (Å²) in [6, 6.07) is 8.17. The van der Waals surface area contributed by atoms with E-state index in [4.69, 9.17) is 5.73 Å². The summed E-state index contributed by atoms with van der Waals surface area (Å²) < 4.78 is 0. The first kappa shape index (κ1) is 14.2. The van der Waals surface area contributed by atoms with Gasteiger partial charge < -0.3 is 5.73 Å². The minimum Gasteiger partial charge on any atom is -0.368 e. The average molecular weight is 243 g/mol. The van der Waals surface area contributed by atoms with E-state index in [1.54, 1.807) is 0 Å². The van der Waals surface area contributed by atoms with Crippen molar-refractivity contribution in [3.05, 3.63) is 41.1 Å². The number of nitrogens with zero attached hydrogens (tertiary/aromatic N) is 2. The molecular formula is C15H21N3. The van der Waals surface area contributed by atoms with E-state index in [1.165, 1.54) is 11.1 Å². The molecule has 0 aliphatic heterocycles. The fourth-order valence-corrected chi connectivity index (χ4v) is 1.94. The van der Waals surface area contributed by atoms with Gasteiger partial charge in [0.15, 0.2) is 0 Å². The monoisotopic (exact) mass is 243 g/mol. The van der Waals surface area contributed by atoms with Gasteiger partial charge in [-0.3, -0.25) is 0 Å². The van der Waals surface area contributed by atoms with Crippen LogP contribution in [0.25, 0.3) is 11.3 Å². The number of hydrogen-bond donors (Lipinski definition) is 1. The van der Waals surface area contributed by atoms with Crippen LogP contribution < -0.4 is 5.73 Å². The zero-order valence-corrected chi connectivity index (χ0v) is 11.8. The predicted octanol–water partition coefficient (Wildman–Crippen LogP) is 3.68. The van der Waals surface area contributed by atoms with Crippen molar-refractivity contribution in [2.45, 2.75) is 34.6 Å². The van der Waals surface area contributed by atoms with Gasteiger partial charge in [0.2, 0.25) is 5.95 Å². The lowest BCUT2D eigenvalue weighted by molar-refractivity contribution is 1.12. The predicted molar refractivity (Wildman–Crippen MR) is 77.4 cm³/mol. The minimum absolute atomic E-state index is 0.331. The van der Waals surface area contributed by atoms with E-state index in [2.05, 4.69) is 35.9 Å². The molecule has 0 aliphatic carbocycles. The van der Waals surface area contributed by atoms with Gasteiger partial charge >= 0.3 is 0 Å². The topological polar surface area (TPSA) is 51.8 Å². The maximum Gasteiger partial charge on any atom is 0.220 e. The molecule has 18 heavy (non-hydrogen) atoms. The number of nitrogens with two attached hydrogens (primary N) is 1. The molecule has 0 atom stereocenters. The van der Waals surface area contributed by atoms with Crippen LogP contribution in [0.1, 0.15) is 30.7 Å². The molecule has 0 fully saturated rings. The highest BCUT2D eigenvalue weighted by Gasteiger charge is 2.08. The molecule has 96 valence electrons. The largest absolute Gasteiger partial charge is 0.368 e. The van der Waals surface area contributed by atoms with Crippen molar-refractivity contribution in [3.63, 3.8) is 0 Å². The van der Waals surface area contributed by atoms with E-state index in [0.717, 1.165) is 17.0 Å². The first-order chi connectivity index (χ1) is 8.58. The molecule has 0 amide bonds. The first-order valence-corrected chi connectivity index (χ1v) is 6.25. The number of rotatable bonds is 1. The third kappa shape index (κ3) is 3.06. The summed E-state index contributed by atoms with van der Waals surface area (Å²) in [5, 5.41) is 0. The maximum absolute atomic E-state index is 5.67. The number of aryl methyl sites for hydroxylation is 3. The molecular weight excluding hydrogens is 222 g/mol. The Hall–Kier alpha value is -1.90. The molecule has 3 nitrogen and oxygen atoms in total. The van der Waals surface area contributed by atoms with Crippen LogP contribution in [0.15, 0.2) is 24.3 Å². The Kier molecular flexibility index (Phi) is 4.84. The zero-order valence-electron chi connectivity index (χ0n) is 11.8. The number of hydrogen-bond acceptors (Lipinski definition) is 3. The van der Waals surface area contributed by atoms with Gasteiger partial charge in [-0.05, 0) is 38.0 Å². The van der Waals surface area contributed by atoms with E-state index in [-0.39, 0.29) is 0 Å². The van der Waals surface area contributed by atoms with E-state index in [9.17, 15) is 0 Å². The van der Waals surface area contributed by atoms with Crippen LogP contribution in [0.3, 0.4) is 0 Å². The van der Waals surface area contributed by atoms with E-state index < -0.39 is 0 Å². The van der Waals surface area contributed by atoms with Crippen molar-refractivity contribution in [1.82, 2.24) is 9.97 Å². The van der Waals surface area contributed by atoms with Crippen molar-refractivity contribution in [1.29, 1.82) is 0 Å². The smallest absolute Gasteiger partial charge is 0.220 e. The van der Waals surface area contributed by atoms with Crippen LogP contribution in [0, 0.1) is 20.8 Å². The van der Waals surface area contributed by atoms with Crippen LogP contribution in [0.4, 0.5) is 5.95 Å². The Morgan fingerprint density at radius 3 is 2.00 bits per heavy atom. The van der Waals surface area contributed by atoms with E-state index in [0.29, 0.717) is 5.95 Å². The molecule has 2 N–H and O–H groups in total. The molecule has 0 spiro atoms. The van der Waals surface area contributed by atoms with Gasteiger partial charge in [0.1, 0.15) is 0 Å². The second-order valence-electron chi connectivity index (χ2n) is 4.02.